The van der Waals surface area contributed by atoms with E-state index in [1.165, 1.54) is 7.11 Å². The molecule has 1 saturated heterocycles. The van der Waals surface area contributed by atoms with Crippen molar-refractivity contribution >= 4 is 29.1 Å². The van der Waals surface area contributed by atoms with Crippen LogP contribution < -0.4 is 10.1 Å². The van der Waals surface area contributed by atoms with Crippen LogP contribution in [0.3, 0.4) is 0 Å². The van der Waals surface area contributed by atoms with Gasteiger partial charge in [-0.1, -0.05) is 41.9 Å². The Labute approximate surface area is 157 Å². The molecule has 5 nitrogen and oxygen atoms in total. The number of anilines is 1. The Morgan fingerprint density at radius 1 is 1.27 bits per heavy atom. The number of carbonyl (C=O) groups is 2. The fraction of sp³-hybridized carbons (Fsp3) is 0.300. The molecule has 1 heterocycles. The number of rotatable bonds is 5. The Morgan fingerprint density at radius 3 is 2.69 bits per heavy atom. The third-order valence-electron chi connectivity index (χ3n) is 4.70. The number of hydrogen-bond acceptors (Lipinski definition) is 3. The van der Waals surface area contributed by atoms with Gasteiger partial charge in [0.2, 0.25) is 11.8 Å². The van der Waals surface area contributed by atoms with Crippen LogP contribution in [0.1, 0.15) is 24.9 Å². The molecule has 2 atom stereocenters. The molecule has 0 saturated carbocycles. The minimum atomic E-state index is -0.405. The lowest BCUT2D eigenvalue weighted by molar-refractivity contribution is -0.129. The average molecular weight is 373 g/mol. The minimum absolute atomic E-state index is 0.0143. The van der Waals surface area contributed by atoms with Crippen molar-refractivity contribution in [2.24, 2.45) is 5.92 Å². The number of hydrogen-bond donors (Lipinski definition) is 1. The highest BCUT2D eigenvalue weighted by Crippen LogP contribution is 2.31. The average Bonchev–Trinajstić information content (AvgIpc) is 3.04. The summed E-state index contributed by atoms with van der Waals surface area (Å²) in [6.07, 6.45) is 0.200. The fourth-order valence-electron chi connectivity index (χ4n) is 3.21. The first-order valence-electron chi connectivity index (χ1n) is 8.48. The summed E-state index contributed by atoms with van der Waals surface area (Å²) in [4.78, 5) is 26.8. The van der Waals surface area contributed by atoms with Crippen molar-refractivity contribution in [3.8, 4) is 5.75 Å². The third-order valence-corrected chi connectivity index (χ3v) is 4.93. The van der Waals surface area contributed by atoms with Gasteiger partial charge in [0.15, 0.2) is 0 Å². The summed E-state index contributed by atoms with van der Waals surface area (Å²) in [5.41, 5.74) is 1.56. The first-order chi connectivity index (χ1) is 12.5. The van der Waals surface area contributed by atoms with Gasteiger partial charge in [-0.3, -0.25) is 9.59 Å². The van der Waals surface area contributed by atoms with Gasteiger partial charge in [0.05, 0.1) is 24.8 Å². The molecule has 2 amide bonds. The number of ether oxygens (including phenoxy) is 1. The molecule has 1 aliphatic rings. The summed E-state index contributed by atoms with van der Waals surface area (Å²) in [6, 6.07) is 14.8. The van der Waals surface area contributed by atoms with Crippen LogP contribution in [0.5, 0.6) is 5.75 Å². The van der Waals surface area contributed by atoms with Crippen LogP contribution in [0.25, 0.3) is 0 Å². The van der Waals surface area contributed by atoms with Crippen molar-refractivity contribution in [1.29, 1.82) is 0 Å². The lowest BCUT2D eigenvalue weighted by Crippen LogP contribution is -2.30. The molecule has 0 aliphatic carbocycles. The summed E-state index contributed by atoms with van der Waals surface area (Å²) >= 11 is 6.00. The fourth-order valence-corrected chi connectivity index (χ4v) is 3.38. The van der Waals surface area contributed by atoms with Gasteiger partial charge in [0.1, 0.15) is 5.75 Å². The predicted molar refractivity (Wildman–Crippen MR) is 101 cm³/mol. The second-order valence-corrected chi connectivity index (χ2v) is 6.80. The lowest BCUT2D eigenvalue weighted by Gasteiger charge is -2.25. The molecule has 6 heteroatoms. The standard InChI is InChI=1S/C20H21ClN2O3/c1-13(14-6-4-3-5-7-14)23-12-15(10-19(23)24)20(25)22-17-11-16(21)8-9-18(17)26-2/h3-9,11,13,15H,10,12H2,1-2H3,(H,22,25)/t13-,15-/m0/s1. The van der Waals surface area contributed by atoms with E-state index in [-0.39, 0.29) is 24.3 Å². The SMILES string of the molecule is COc1ccc(Cl)cc1NC(=O)[C@H]1CC(=O)N([C@@H](C)c2ccccc2)C1. The first-order valence-corrected chi connectivity index (χ1v) is 8.86. The van der Waals surface area contributed by atoms with Crippen LogP contribution in [-0.4, -0.2) is 30.4 Å². The smallest absolute Gasteiger partial charge is 0.229 e. The lowest BCUT2D eigenvalue weighted by atomic mass is 10.1. The highest BCUT2D eigenvalue weighted by Gasteiger charge is 2.37. The molecule has 136 valence electrons. The van der Waals surface area contributed by atoms with Gasteiger partial charge in [-0.15, -0.1) is 0 Å². The highest BCUT2D eigenvalue weighted by molar-refractivity contribution is 6.31. The number of likely N-dealkylation sites (tertiary alicyclic amines) is 1. The van der Waals surface area contributed by atoms with Crippen molar-refractivity contribution in [1.82, 2.24) is 4.90 Å². The van der Waals surface area contributed by atoms with E-state index in [4.69, 9.17) is 16.3 Å². The van der Waals surface area contributed by atoms with Crippen LogP contribution in [0, 0.1) is 5.92 Å². The van der Waals surface area contributed by atoms with Gasteiger partial charge < -0.3 is 15.0 Å². The quantitative estimate of drug-likeness (QED) is 0.866. The number of nitrogens with one attached hydrogen (secondary N) is 1. The van der Waals surface area contributed by atoms with E-state index in [2.05, 4.69) is 5.32 Å². The Morgan fingerprint density at radius 2 is 2.00 bits per heavy atom. The zero-order valence-corrected chi connectivity index (χ0v) is 15.5. The molecule has 1 aliphatic heterocycles. The van der Waals surface area contributed by atoms with E-state index in [1.54, 1.807) is 23.1 Å². The summed E-state index contributed by atoms with van der Waals surface area (Å²) in [6.45, 7) is 2.37. The largest absolute Gasteiger partial charge is 0.495 e. The molecule has 26 heavy (non-hydrogen) atoms. The second-order valence-electron chi connectivity index (χ2n) is 6.37. The summed E-state index contributed by atoms with van der Waals surface area (Å²) in [5.74, 6) is -0.0971. The Kier molecular flexibility index (Phi) is 5.47. The minimum Gasteiger partial charge on any atom is -0.495 e. The van der Waals surface area contributed by atoms with Crippen molar-refractivity contribution in [3.63, 3.8) is 0 Å². The molecule has 2 aromatic rings. The molecule has 1 N–H and O–H groups in total. The normalized spacial score (nSPS) is 17.9. The molecular weight excluding hydrogens is 352 g/mol. The predicted octanol–water partition coefficient (Wildman–Crippen LogP) is 3.90. The van der Waals surface area contributed by atoms with Crippen molar-refractivity contribution < 1.29 is 14.3 Å². The molecule has 0 spiro atoms. The summed E-state index contributed by atoms with van der Waals surface area (Å²) < 4.78 is 5.25. The summed E-state index contributed by atoms with van der Waals surface area (Å²) in [7, 11) is 1.53. The molecule has 1 fully saturated rings. The molecule has 0 aromatic heterocycles. The van der Waals surface area contributed by atoms with E-state index in [1.807, 2.05) is 37.3 Å². The van der Waals surface area contributed by atoms with E-state index in [9.17, 15) is 9.59 Å². The zero-order chi connectivity index (χ0) is 18.7. The van der Waals surface area contributed by atoms with Crippen LogP contribution in [0.2, 0.25) is 5.02 Å². The van der Waals surface area contributed by atoms with Crippen LogP contribution >= 0.6 is 11.6 Å². The monoisotopic (exact) mass is 372 g/mol. The number of carbonyl (C=O) groups excluding carboxylic acids is 2. The topological polar surface area (TPSA) is 58.6 Å². The molecule has 0 bridgehead atoms. The molecule has 0 radical (unpaired) electrons. The second kappa shape index (κ2) is 7.79. The van der Waals surface area contributed by atoms with Gasteiger partial charge in [-0.2, -0.15) is 0 Å². The highest BCUT2D eigenvalue weighted by atomic mass is 35.5. The van der Waals surface area contributed by atoms with Crippen molar-refractivity contribution in [3.05, 3.63) is 59.1 Å². The Bertz CT molecular complexity index is 810. The van der Waals surface area contributed by atoms with Crippen LogP contribution in [-0.2, 0) is 9.59 Å². The number of nitrogens with zero attached hydrogens (tertiary/aromatic N) is 1. The first kappa shape index (κ1) is 18.3. The van der Waals surface area contributed by atoms with Gasteiger partial charge in [-0.25, -0.2) is 0 Å². The van der Waals surface area contributed by atoms with E-state index < -0.39 is 5.92 Å². The zero-order valence-electron chi connectivity index (χ0n) is 14.7. The molecule has 2 aromatic carbocycles. The maximum Gasteiger partial charge on any atom is 0.229 e. The number of halogens is 1. The van der Waals surface area contributed by atoms with Gasteiger partial charge in [-0.05, 0) is 30.7 Å². The Hall–Kier alpha value is -2.53. The summed E-state index contributed by atoms with van der Waals surface area (Å²) in [5, 5.41) is 3.34. The van der Waals surface area contributed by atoms with Gasteiger partial charge in [0.25, 0.3) is 0 Å². The van der Waals surface area contributed by atoms with E-state index in [0.29, 0.717) is 23.0 Å². The molecular formula is C20H21ClN2O3. The molecule has 3 rings (SSSR count). The van der Waals surface area contributed by atoms with Crippen LogP contribution in [0.15, 0.2) is 48.5 Å². The number of amides is 2. The Balaban J connectivity index is 1.70. The van der Waals surface area contributed by atoms with E-state index in [0.717, 1.165) is 5.56 Å². The maximum atomic E-state index is 12.7. The van der Waals surface area contributed by atoms with E-state index >= 15 is 0 Å². The van der Waals surface area contributed by atoms with Crippen molar-refractivity contribution in [2.75, 3.05) is 19.0 Å². The third kappa shape index (κ3) is 3.83. The number of benzene rings is 2. The molecule has 0 unspecified atom stereocenters. The van der Waals surface area contributed by atoms with Crippen LogP contribution in [0.4, 0.5) is 5.69 Å². The van der Waals surface area contributed by atoms with Gasteiger partial charge >= 0.3 is 0 Å². The maximum absolute atomic E-state index is 12.7. The van der Waals surface area contributed by atoms with Gasteiger partial charge in [0, 0.05) is 18.0 Å². The number of methoxy groups -OCH3 is 1. The van der Waals surface area contributed by atoms with Crippen molar-refractivity contribution in [2.45, 2.75) is 19.4 Å².